The average Bonchev–Trinajstić information content (AvgIpc) is 3.75. The molecule has 1 unspecified atom stereocenters. The summed E-state index contributed by atoms with van der Waals surface area (Å²) in [6.45, 7) is 5.25. The number of halogens is 4. The van der Waals surface area contributed by atoms with Gasteiger partial charge in [0.2, 0.25) is 5.91 Å². The number of aryl methyl sites for hydroxylation is 1. The molecule has 2 amide bonds. The van der Waals surface area contributed by atoms with Crippen LogP contribution in [0.5, 0.6) is 11.5 Å². The molecule has 1 fully saturated rings. The lowest BCUT2D eigenvalue weighted by Gasteiger charge is -2.32. The van der Waals surface area contributed by atoms with Crippen molar-refractivity contribution in [2.45, 2.75) is 70.4 Å². The van der Waals surface area contributed by atoms with Gasteiger partial charge in [0.1, 0.15) is 11.4 Å². The summed E-state index contributed by atoms with van der Waals surface area (Å²) in [5, 5.41) is 16.8. The molecule has 8 nitrogen and oxygen atoms in total. The summed E-state index contributed by atoms with van der Waals surface area (Å²) in [7, 11) is 1.40. The molecule has 1 aliphatic rings. The van der Waals surface area contributed by atoms with Crippen LogP contribution >= 0.6 is 0 Å². The van der Waals surface area contributed by atoms with Crippen LogP contribution in [0.2, 0.25) is 0 Å². The van der Waals surface area contributed by atoms with Crippen LogP contribution in [-0.4, -0.2) is 47.8 Å². The highest BCUT2D eigenvalue weighted by atomic mass is 19.4. The number of nitrogens with zero attached hydrogens (tertiary/aromatic N) is 1. The number of carbonyl (C=O) groups excluding carboxylic acids is 2. The molecule has 4 rings (SSSR count). The normalized spacial score (nSPS) is 14.9. The number of benzene rings is 2. The molecule has 1 atom stereocenters. The number of aromatic nitrogens is 1. The molecule has 1 aromatic heterocycles. The first kappa shape index (κ1) is 32.7. The van der Waals surface area contributed by atoms with Gasteiger partial charge >= 0.3 is 6.18 Å². The summed E-state index contributed by atoms with van der Waals surface area (Å²) in [6.07, 6.45) is -4.71. The van der Waals surface area contributed by atoms with Crippen LogP contribution < -0.4 is 20.1 Å². The summed E-state index contributed by atoms with van der Waals surface area (Å²) in [5.41, 5.74) is -3.01. The van der Waals surface area contributed by atoms with Crippen LogP contribution in [0.1, 0.15) is 67.2 Å². The van der Waals surface area contributed by atoms with Gasteiger partial charge < -0.3 is 25.2 Å². The van der Waals surface area contributed by atoms with Gasteiger partial charge in [0, 0.05) is 18.1 Å². The lowest BCUT2D eigenvalue weighted by atomic mass is 9.87. The van der Waals surface area contributed by atoms with E-state index in [2.05, 4.69) is 15.6 Å². The van der Waals surface area contributed by atoms with Crippen molar-refractivity contribution in [2.75, 3.05) is 13.7 Å². The summed E-state index contributed by atoms with van der Waals surface area (Å²) in [6, 6.07) is 11.3. The topological polar surface area (TPSA) is 110 Å². The minimum absolute atomic E-state index is 0.0727. The average molecular weight is 618 g/mol. The van der Waals surface area contributed by atoms with Crippen molar-refractivity contribution in [1.82, 2.24) is 15.6 Å². The molecule has 3 aromatic rings. The Morgan fingerprint density at radius 1 is 1.05 bits per heavy atom. The molecule has 0 bridgehead atoms. The second-order valence-corrected chi connectivity index (χ2v) is 11.6. The van der Waals surface area contributed by atoms with Crippen LogP contribution in [0, 0.1) is 12.7 Å². The predicted molar refractivity (Wildman–Crippen MR) is 155 cm³/mol. The lowest BCUT2D eigenvalue weighted by molar-refractivity contribution is -0.178. The molecule has 1 saturated carbocycles. The Balaban J connectivity index is 1.74. The number of hydrogen-bond donors (Lipinski definition) is 3. The van der Waals surface area contributed by atoms with Crippen molar-refractivity contribution in [1.29, 1.82) is 0 Å². The number of aliphatic hydroxyl groups is 1. The van der Waals surface area contributed by atoms with Crippen molar-refractivity contribution in [3.63, 3.8) is 0 Å². The number of nitrogens with one attached hydrogen (secondary N) is 2. The fraction of sp³-hybridized carbons (Fsp3) is 0.406. The molecule has 1 heterocycles. The van der Waals surface area contributed by atoms with Crippen molar-refractivity contribution in [3.8, 4) is 22.8 Å². The first-order valence-electron chi connectivity index (χ1n) is 14.0. The van der Waals surface area contributed by atoms with Crippen molar-refractivity contribution in [3.05, 3.63) is 76.7 Å². The van der Waals surface area contributed by atoms with Gasteiger partial charge in [-0.2, -0.15) is 13.2 Å². The van der Waals surface area contributed by atoms with Crippen molar-refractivity contribution in [2.24, 2.45) is 0 Å². The quantitative estimate of drug-likeness (QED) is 0.239. The number of hydrogen-bond acceptors (Lipinski definition) is 6. The van der Waals surface area contributed by atoms with Gasteiger partial charge in [0.25, 0.3) is 5.91 Å². The van der Waals surface area contributed by atoms with Crippen LogP contribution in [0.25, 0.3) is 11.3 Å². The number of carbonyl (C=O) groups is 2. The van der Waals surface area contributed by atoms with Gasteiger partial charge in [-0.3, -0.25) is 9.59 Å². The zero-order valence-electron chi connectivity index (χ0n) is 25.1. The Morgan fingerprint density at radius 3 is 2.34 bits per heavy atom. The first-order chi connectivity index (χ1) is 20.5. The Morgan fingerprint density at radius 2 is 1.75 bits per heavy atom. The number of ether oxygens (including phenoxy) is 2. The molecular formula is C32H35F4N3O5. The van der Waals surface area contributed by atoms with Crippen molar-refractivity contribution >= 4 is 11.8 Å². The number of methoxy groups -OCH3 is 1. The lowest BCUT2D eigenvalue weighted by Crippen LogP contribution is -2.45. The fourth-order valence-corrected chi connectivity index (χ4v) is 4.77. The van der Waals surface area contributed by atoms with Crippen molar-refractivity contribution < 1.29 is 41.7 Å². The molecule has 12 heteroatoms. The van der Waals surface area contributed by atoms with Gasteiger partial charge in [0.05, 0.1) is 43.1 Å². The van der Waals surface area contributed by atoms with Gasteiger partial charge in [0.15, 0.2) is 11.5 Å². The Labute approximate surface area is 252 Å². The van der Waals surface area contributed by atoms with Crippen LogP contribution in [0.4, 0.5) is 17.6 Å². The number of alkyl halides is 3. The van der Waals surface area contributed by atoms with E-state index in [-0.39, 0.29) is 28.7 Å². The zero-order chi connectivity index (χ0) is 32.4. The highest BCUT2D eigenvalue weighted by molar-refractivity contribution is 5.95. The molecule has 2 aromatic carbocycles. The third-order valence-corrected chi connectivity index (χ3v) is 7.24. The maximum atomic E-state index is 14.0. The van der Waals surface area contributed by atoms with E-state index in [1.807, 2.05) is 0 Å². The smallest absolute Gasteiger partial charge is 0.392 e. The van der Waals surface area contributed by atoms with E-state index >= 15 is 0 Å². The number of pyridine rings is 1. The molecule has 3 N–H and O–H groups in total. The minimum atomic E-state index is -4.86. The largest absolute Gasteiger partial charge is 0.493 e. The molecular weight excluding hydrogens is 582 g/mol. The Bertz CT molecular complexity index is 1560. The van der Waals surface area contributed by atoms with Gasteiger partial charge in [-0.1, -0.05) is 0 Å². The Kier molecular flexibility index (Phi) is 9.24. The SMILES string of the molecule is COc1cc(C(=O)NCC(O)(CC(F)(F)F)c2cc(C(C)(C)NC(C)=O)cc(-c3ccc(F)c(C)c3)n2)ccc1OC1CC1. The molecule has 44 heavy (non-hydrogen) atoms. The maximum absolute atomic E-state index is 14.0. The van der Waals surface area contributed by atoms with Crippen LogP contribution in [0.3, 0.4) is 0 Å². The second-order valence-electron chi connectivity index (χ2n) is 11.6. The highest BCUT2D eigenvalue weighted by Crippen LogP contribution is 2.38. The molecule has 0 aliphatic heterocycles. The fourth-order valence-electron chi connectivity index (χ4n) is 4.77. The summed E-state index contributed by atoms with van der Waals surface area (Å²) >= 11 is 0. The van der Waals surface area contributed by atoms with Crippen LogP contribution in [-0.2, 0) is 15.9 Å². The highest BCUT2D eigenvalue weighted by Gasteiger charge is 2.44. The molecule has 236 valence electrons. The second kappa shape index (κ2) is 12.4. The first-order valence-corrected chi connectivity index (χ1v) is 14.0. The maximum Gasteiger partial charge on any atom is 0.392 e. The number of amides is 2. The molecule has 0 spiro atoms. The Hall–Kier alpha value is -4.19. The summed E-state index contributed by atoms with van der Waals surface area (Å²) in [4.78, 5) is 29.4. The summed E-state index contributed by atoms with van der Waals surface area (Å²) in [5.74, 6) is -0.917. The van der Waals surface area contributed by atoms with E-state index in [9.17, 15) is 32.3 Å². The summed E-state index contributed by atoms with van der Waals surface area (Å²) < 4.78 is 66.9. The third kappa shape index (κ3) is 8.04. The minimum Gasteiger partial charge on any atom is -0.493 e. The third-order valence-electron chi connectivity index (χ3n) is 7.24. The van der Waals surface area contributed by atoms with E-state index in [1.165, 1.54) is 57.4 Å². The molecule has 1 aliphatic carbocycles. The van der Waals surface area contributed by atoms with Gasteiger partial charge in [-0.15, -0.1) is 0 Å². The van der Waals surface area contributed by atoms with E-state index in [0.717, 1.165) is 12.8 Å². The van der Waals surface area contributed by atoms with E-state index in [1.54, 1.807) is 26.0 Å². The standard InChI is InChI=1S/C32H35F4N3O5/c1-18-12-20(6-10-24(18)33)25-14-22(30(3,4)39-19(2)40)15-28(38-25)31(42,16-32(34,35)36)17-37-29(41)21-7-11-26(27(13-21)43-5)44-23-8-9-23/h6-7,10-15,23,42H,8-9,16-17H2,1-5H3,(H,37,41)(H,39,40). The predicted octanol–water partition coefficient (Wildman–Crippen LogP) is 5.69. The molecule has 0 saturated heterocycles. The van der Waals surface area contributed by atoms with Gasteiger partial charge in [-0.25, -0.2) is 9.37 Å². The van der Waals surface area contributed by atoms with E-state index in [4.69, 9.17) is 9.47 Å². The molecule has 0 radical (unpaired) electrons. The van der Waals surface area contributed by atoms with E-state index < -0.39 is 53.6 Å². The van der Waals surface area contributed by atoms with Crippen LogP contribution in [0.15, 0.2) is 48.5 Å². The van der Waals surface area contributed by atoms with Gasteiger partial charge in [-0.05, 0) is 93.3 Å². The monoisotopic (exact) mass is 617 g/mol. The zero-order valence-corrected chi connectivity index (χ0v) is 25.1. The van der Waals surface area contributed by atoms with E-state index in [0.29, 0.717) is 16.9 Å². The number of rotatable bonds is 11.